The number of nitrogens with one attached hydrogen (secondary N) is 3. The maximum absolute atomic E-state index is 12.2. The molecule has 0 fully saturated rings. The highest BCUT2D eigenvalue weighted by Crippen LogP contribution is 2.01. The Bertz CT molecular complexity index is 666. The van der Waals surface area contributed by atoms with E-state index < -0.39 is 79.2 Å². The molecule has 0 saturated heterocycles. The fourth-order valence-corrected chi connectivity index (χ4v) is 2.12. The van der Waals surface area contributed by atoms with Crippen molar-refractivity contribution in [1.82, 2.24) is 16.0 Å². The third kappa shape index (κ3) is 10.9. The van der Waals surface area contributed by atoms with Crippen molar-refractivity contribution in [3.63, 3.8) is 0 Å². The van der Waals surface area contributed by atoms with Gasteiger partial charge in [0, 0.05) is 12.8 Å². The summed E-state index contributed by atoms with van der Waals surface area (Å²) >= 11 is 0. The molecule has 0 aliphatic rings. The molecule has 0 aromatic carbocycles. The standard InChI is InChI=1S/C16H26N4O10/c1-7(21)13(15(28)19-9(16(29)30)3-5-12(25)26)20-10(22)6-18-14(27)8(17)2-4-11(23)24/h7-9,13,21H,2-6,17H2,1H3,(H,18,27)(H,19,28)(H,20,22)(H,23,24)(H,25,26)(H,29,30). The van der Waals surface area contributed by atoms with E-state index >= 15 is 0 Å². The van der Waals surface area contributed by atoms with Crippen LogP contribution >= 0.6 is 0 Å². The van der Waals surface area contributed by atoms with Crippen LogP contribution in [0.5, 0.6) is 0 Å². The van der Waals surface area contributed by atoms with Crippen molar-refractivity contribution in [1.29, 1.82) is 0 Å². The molecule has 14 heteroatoms. The van der Waals surface area contributed by atoms with Gasteiger partial charge in [-0.05, 0) is 19.8 Å². The lowest BCUT2D eigenvalue weighted by atomic mass is 10.1. The summed E-state index contributed by atoms with van der Waals surface area (Å²) < 4.78 is 0. The molecule has 170 valence electrons. The van der Waals surface area contributed by atoms with Crippen molar-refractivity contribution >= 4 is 35.6 Å². The fraction of sp³-hybridized carbons (Fsp3) is 0.625. The highest BCUT2D eigenvalue weighted by atomic mass is 16.4. The van der Waals surface area contributed by atoms with Gasteiger partial charge >= 0.3 is 17.9 Å². The van der Waals surface area contributed by atoms with Gasteiger partial charge in [0.2, 0.25) is 17.7 Å². The van der Waals surface area contributed by atoms with Crippen LogP contribution in [0.15, 0.2) is 0 Å². The second kappa shape index (κ2) is 13.1. The molecule has 0 heterocycles. The second-order valence-corrected chi connectivity index (χ2v) is 6.37. The zero-order valence-electron chi connectivity index (χ0n) is 16.2. The van der Waals surface area contributed by atoms with Crippen LogP contribution in [-0.4, -0.2) is 86.8 Å². The summed E-state index contributed by atoms with van der Waals surface area (Å²) in [4.78, 5) is 68.0. The molecular weight excluding hydrogens is 408 g/mol. The number of rotatable bonds is 14. The van der Waals surface area contributed by atoms with E-state index in [-0.39, 0.29) is 12.8 Å². The number of aliphatic carboxylic acids is 3. The van der Waals surface area contributed by atoms with Gasteiger partial charge in [-0.2, -0.15) is 0 Å². The largest absolute Gasteiger partial charge is 0.481 e. The number of carboxylic acids is 3. The van der Waals surface area contributed by atoms with Gasteiger partial charge in [-0.3, -0.25) is 24.0 Å². The number of carbonyl (C=O) groups excluding carboxylic acids is 3. The summed E-state index contributed by atoms with van der Waals surface area (Å²) in [5.74, 6) is -6.70. The molecule has 0 aliphatic carbocycles. The summed E-state index contributed by atoms with van der Waals surface area (Å²) in [5, 5.41) is 42.2. The Morgan fingerprint density at radius 3 is 1.87 bits per heavy atom. The number of amides is 3. The maximum atomic E-state index is 12.2. The lowest BCUT2D eigenvalue weighted by Gasteiger charge is -2.23. The van der Waals surface area contributed by atoms with Gasteiger partial charge in [0.25, 0.3) is 0 Å². The van der Waals surface area contributed by atoms with Crippen LogP contribution in [0, 0.1) is 0 Å². The predicted molar refractivity (Wildman–Crippen MR) is 97.9 cm³/mol. The summed E-state index contributed by atoms with van der Waals surface area (Å²) in [6, 6.07) is -4.31. The van der Waals surface area contributed by atoms with Crippen molar-refractivity contribution in [2.75, 3.05) is 6.54 Å². The fourth-order valence-electron chi connectivity index (χ4n) is 2.12. The van der Waals surface area contributed by atoms with Gasteiger partial charge in [-0.15, -0.1) is 0 Å². The quantitative estimate of drug-likeness (QED) is 0.134. The van der Waals surface area contributed by atoms with Crippen LogP contribution in [0.1, 0.15) is 32.6 Å². The smallest absolute Gasteiger partial charge is 0.326 e. The normalized spacial score (nSPS) is 14.5. The summed E-state index contributed by atoms with van der Waals surface area (Å²) in [5.41, 5.74) is 5.47. The highest BCUT2D eigenvalue weighted by molar-refractivity contribution is 5.93. The first kappa shape index (κ1) is 26.7. The van der Waals surface area contributed by atoms with E-state index in [1.165, 1.54) is 0 Å². The zero-order valence-corrected chi connectivity index (χ0v) is 16.2. The molecule has 0 bridgehead atoms. The topological polar surface area (TPSA) is 245 Å². The molecule has 0 spiro atoms. The molecule has 30 heavy (non-hydrogen) atoms. The molecule has 4 unspecified atom stereocenters. The van der Waals surface area contributed by atoms with Crippen molar-refractivity contribution in [2.45, 2.75) is 56.8 Å². The van der Waals surface area contributed by atoms with Crippen molar-refractivity contribution in [3.8, 4) is 0 Å². The first-order valence-electron chi connectivity index (χ1n) is 8.82. The zero-order chi connectivity index (χ0) is 23.4. The highest BCUT2D eigenvalue weighted by Gasteiger charge is 2.30. The molecule has 0 aromatic rings. The Morgan fingerprint density at radius 2 is 1.40 bits per heavy atom. The lowest BCUT2D eigenvalue weighted by molar-refractivity contribution is -0.144. The first-order chi connectivity index (χ1) is 13.8. The van der Waals surface area contributed by atoms with Crippen LogP contribution in [0.4, 0.5) is 0 Å². The number of hydrogen-bond donors (Lipinski definition) is 8. The summed E-state index contributed by atoms with van der Waals surface area (Å²) in [7, 11) is 0. The van der Waals surface area contributed by atoms with Gasteiger partial charge in [0.15, 0.2) is 0 Å². The molecule has 0 radical (unpaired) electrons. The second-order valence-electron chi connectivity index (χ2n) is 6.37. The Morgan fingerprint density at radius 1 is 0.867 bits per heavy atom. The van der Waals surface area contributed by atoms with E-state index in [4.69, 9.17) is 21.1 Å². The van der Waals surface area contributed by atoms with E-state index in [9.17, 15) is 33.9 Å². The van der Waals surface area contributed by atoms with Gasteiger partial charge < -0.3 is 42.1 Å². The van der Waals surface area contributed by atoms with Gasteiger partial charge in [-0.25, -0.2) is 4.79 Å². The van der Waals surface area contributed by atoms with E-state index in [2.05, 4.69) is 10.6 Å². The molecule has 9 N–H and O–H groups in total. The minimum absolute atomic E-state index is 0.158. The van der Waals surface area contributed by atoms with Gasteiger partial charge in [0.05, 0.1) is 18.7 Å². The molecule has 4 atom stereocenters. The van der Waals surface area contributed by atoms with Crippen LogP contribution in [0.25, 0.3) is 0 Å². The van der Waals surface area contributed by atoms with E-state index in [1.54, 1.807) is 0 Å². The SMILES string of the molecule is CC(O)C(NC(=O)CNC(=O)C(N)CCC(=O)O)C(=O)NC(CCC(=O)O)C(=O)O. The first-order valence-corrected chi connectivity index (χ1v) is 8.82. The van der Waals surface area contributed by atoms with Crippen molar-refractivity contribution in [2.24, 2.45) is 5.73 Å². The molecule has 3 amide bonds. The number of aliphatic hydroxyl groups excluding tert-OH is 1. The molecule has 0 aliphatic heterocycles. The summed E-state index contributed by atoms with van der Waals surface area (Å²) in [6.07, 6.45) is -2.90. The Hall–Kier alpha value is -3.26. The predicted octanol–water partition coefficient (Wildman–Crippen LogP) is -3.41. The minimum atomic E-state index is -1.58. The number of carboxylic acid groups (broad SMARTS) is 3. The van der Waals surface area contributed by atoms with Crippen LogP contribution < -0.4 is 21.7 Å². The van der Waals surface area contributed by atoms with Crippen molar-refractivity contribution in [3.05, 3.63) is 0 Å². The monoisotopic (exact) mass is 434 g/mol. The molecule has 0 rings (SSSR count). The third-order valence-corrected chi connectivity index (χ3v) is 3.77. The minimum Gasteiger partial charge on any atom is -0.481 e. The maximum Gasteiger partial charge on any atom is 0.326 e. The Labute approximate surface area is 170 Å². The average molecular weight is 434 g/mol. The van der Waals surface area contributed by atoms with Crippen LogP contribution in [0.3, 0.4) is 0 Å². The Kier molecular flexibility index (Phi) is 11.6. The third-order valence-electron chi connectivity index (χ3n) is 3.77. The Balaban J connectivity index is 4.78. The summed E-state index contributed by atoms with van der Waals surface area (Å²) in [6.45, 7) is 0.509. The van der Waals surface area contributed by atoms with Gasteiger partial charge in [0.1, 0.15) is 12.1 Å². The van der Waals surface area contributed by atoms with E-state index in [0.717, 1.165) is 6.92 Å². The van der Waals surface area contributed by atoms with Crippen LogP contribution in [-0.2, 0) is 28.8 Å². The molecule has 0 saturated carbocycles. The number of aliphatic hydroxyl groups is 1. The number of carbonyl (C=O) groups is 6. The van der Waals surface area contributed by atoms with E-state index in [0.29, 0.717) is 0 Å². The van der Waals surface area contributed by atoms with E-state index in [1.807, 2.05) is 5.32 Å². The molecule has 0 aromatic heterocycles. The van der Waals surface area contributed by atoms with Crippen LogP contribution in [0.2, 0.25) is 0 Å². The van der Waals surface area contributed by atoms with Gasteiger partial charge in [-0.1, -0.05) is 0 Å². The number of hydrogen-bond acceptors (Lipinski definition) is 8. The van der Waals surface area contributed by atoms with Crippen molar-refractivity contribution < 1.29 is 49.2 Å². The lowest BCUT2D eigenvalue weighted by Crippen LogP contribution is -2.57. The average Bonchev–Trinajstić information content (AvgIpc) is 2.64. The molecular formula is C16H26N4O10. The number of nitrogens with two attached hydrogens (primary N) is 1. The molecule has 14 nitrogen and oxygen atoms in total.